The lowest BCUT2D eigenvalue weighted by atomic mass is 10.1. The quantitative estimate of drug-likeness (QED) is 0.231. The summed E-state index contributed by atoms with van der Waals surface area (Å²) in [4.78, 5) is 24.8. The number of unbranched alkanes of at least 4 members (excludes halogenated alkanes) is 3. The van der Waals surface area contributed by atoms with Gasteiger partial charge in [-0.15, -0.1) is 0 Å². The summed E-state index contributed by atoms with van der Waals surface area (Å²) in [5, 5.41) is 2.50. The fourth-order valence-electron chi connectivity index (χ4n) is 3.05. The van der Waals surface area contributed by atoms with E-state index < -0.39 is 11.8 Å². The minimum atomic E-state index is -0.446. The maximum absolute atomic E-state index is 12.7. The van der Waals surface area contributed by atoms with E-state index in [9.17, 15) is 9.59 Å². The number of hydrogen-bond acceptors (Lipinski definition) is 5. The number of para-hydroxylation sites is 1. The zero-order valence-corrected chi connectivity index (χ0v) is 21.5. The van der Waals surface area contributed by atoms with Gasteiger partial charge in [-0.1, -0.05) is 60.3 Å². The highest BCUT2D eigenvalue weighted by Gasteiger charge is 2.15. The van der Waals surface area contributed by atoms with E-state index in [4.69, 9.17) is 21.7 Å². The van der Waals surface area contributed by atoms with Crippen molar-refractivity contribution in [2.75, 3.05) is 13.2 Å². The zero-order chi connectivity index (χ0) is 24.2. The smallest absolute Gasteiger partial charge is 0.276 e. The van der Waals surface area contributed by atoms with Crippen LogP contribution in [0.15, 0.2) is 40.9 Å². The average Bonchev–Trinajstić information content (AvgIpc) is 2.78. The van der Waals surface area contributed by atoms with Gasteiger partial charge in [0.15, 0.2) is 11.7 Å². The molecule has 2 aromatic rings. The first-order valence-electron chi connectivity index (χ1n) is 10.8. The zero-order valence-electron chi connectivity index (χ0n) is 19.1. The third-order valence-corrected chi connectivity index (χ3v) is 5.44. The highest BCUT2D eigenvalue weighted by molar-refractivity contribution is 9.10. The molecule has 9 heteroatoms. The van der Waals surface area contributed by atoms with Crippen LogP contribution in [0.2, 0.25) is 0 Å². The van der Waals surface area contributed by atoms with Gasteiger partial charge in [0.05, 0.1) is 12.2 Å². The van der Waals surface area contributed by atoms with Gasteiger partial charge in [0.2, 0.25) is 0 Å². The molecule has 0 fully saturated rings. The summed E-state index contributed by atoms with van der Waals surface area (Å²) < 4.78 is 12.1. The molecule has 2 rings (SSSR count). The van der Waals surface area contributed by atoms with Crippen LogP contribution < -0.4 is 25.6 Å². The van der Waals surface area contributed by atoms with Crippen molar-refractivity contribution in [2.45, 2.75) is 46.5 Å². The van der Waals surface area contributed by atoms with E-state index in [0.29, 0.717) is 23.7 Å². The van der Waals surface area contributed by atoms with Gasteiger partial charge in [-0.3, -0.25) is 25.8 Å². The fraction of sp³-hybridized carbons (Fsp3) is 0.375. The summed E-state index contributed by atoms with van der Waals surface area (Å²) in [6, 6.07) is 11.0. The molecule has 0 bridgehead atoms. The second-order valence-electron chi connectivity index (χ2n) is 7.52. The summed E-state index contributed by atoms with van der Waals surface area (Å²) in [5.41, 5.74) is 7.16. The van der Waals surface area contributed by atoms with E-state index in [2.05, 4.69) is 39.0 Å². The summed E-state index contributed by atoms with van der Waals surface area (Å²) >= 11 is 8.50. The number of hydrazine groups is 1. The highest BCUT2D eigenvalue weighted by atomic mass is 79.9. The number of rotatable bonds is 10. The Bertz CT molecular complexity index is 964. The topological polar surface area (TPSA) is 88.7 Å². The van der Waals surface area contributed by atoms with E-state index in [-0.39, 0.29) is 11.7 Å². The molecular weight excluding hydrogens is 506 g/mol. The van der Waals surface area contributed by atoms with Crippen LogP contribution in [-0.4, -0.2) is 30.1 Å². The first-order chi connectivity index (χ1) is 15.8. The van der Waals surface area contributed by atoms with Crippen LogP contribution in [-0.2, 0) is 4.79 Å². The maximum Gasteiger partial charge on any atom is 0.276 e. The normalized spacial score (nSPS) is 10.3. The van der Waals surface area contributed by atoms with E-state index in [1.54, 1.807) is 12.1 Å². The number of nitrogens with one attached hydrogen (secondary N) is 3. The minimum absolute atomic E-state index is 0.0470. The Balaban J connectivity index is 1.84. The van der Waals surface area contributed by atoms with Gasteiger partial charge in [0, 0.05) is 4.47 Å². The fourth-order valence-corrected chi connectivity index (χ4v) is 3.55. The second kappa shape index (κ2) is 13.8. The van der Waals surface area contributed by atoms with Crippen LogP contribution in [0.1, 0.15) is 54.1 Å². The van der Waals surface area contributed by atoms with Gasteiger partial charge in [0.25, 0.3) is 11.8 Å². The Morgan fingerprint density at radius 1 is 1.00 bits per heavy atom. The van der Waals surface area contributed by atoms with Crippen molar-refractivity contribution in [1.82, 2.24) is 16.2 Å². The molecule has 178 valence electrons. The van der Waals surface area contributed by atoms with Gasteiger partial charge in [0.1, 0.15) is 11.5 Å². The number of carbonyl (C=O) groups is 2. The standard InChI is InChI=1S/C24H30BrN3O4S/c1-4-5-6-7-13-31-20-12-11-18(25)14-19(20)23(30)26-24(33)28-27-21(29)15-32-22-16(2)9-8-10-17(22)3/h8-12,14H,4-7,13,15H2,1-3H3,(H,27,29)(H2,26,28,30,33). The molecule has 0 saturated heterocycles. The average molecular weight is 536 g/mol. The Labute approximate surface area is 208 Å². The number of aryl methyl sites for hydroxylation is 2. The molecule has 3 N–H and O–H groups in total. The Hall–Kier alpha value is -2.65. The molecule has 0 aliphatic carbocycles. The van der Waals surface area contributed by atoms with Crippen molar-refractivity contribution in [3.63, 3.8) is 0 Å². The predicted octanol–water partition coefficient (Wildman–Crippen LogP) is 4.74. The molecule has 2 aromatic carbocycles. The van der Waals surface area contributed by atoms with E-state index in [1.165, 1.54) is 0 Å². The molecule has 33 heavy (non-hydrogen) atoms. The largest absolute Gasteiger partial charge is 0.493 e. The molecule has 0 aliphatic heterocycles. The lowest BCUT2D eigenvalue weighted by Gasteiger charge is -2.15. The SMILES string of the molecule is CCCCCCOc1ccc(Br)cc1C(=O)NC(=S)NNC(=O)COc1c(C)cccc1C. The predicted molar refractivity (Wildman–Crippen MR) is 137 cm³/mol. The van der Waals surface area contributed by atoms with Crippen molar-refractivity contribution < 1.29 is 19.1 Å². The lowest BCUT2D eigenvalue weighted by molar-refractivity contribution is -0.123. The molecule has 2 amide bonds. The highest BCUT2D eigenvalue weighted by Crippen LogP contribution is 2.24. The number of halogens is 1. The van der Waals surface area contributed by atoms with Crippen LogP contribution in [0.25, 0.3) is 0 Å². The van der Waals surface area contributed by atoms with Gasteiger partial charge in [-0.05, 0) is 61.8 Å². The molecular formula is C24H30BrN3O4S. The number of amides is 2. The molecule has 0 radical (unpaired) electrons. The van der Waals surface area contributed by atoms with Gasteiger partial charge >= 0.3 is 0 Å². The third kappa shape index (κ3) is 9.01. The first kappa shape index (κ1) is 26.6. The molecule has 7 nitrogen and oxygen atoms in total. The second-order valence-corrected chi connectivity index (χ2v) is 8.84. The van der Waals surface area contributed by atoms with Crippen molar-refractivity contribution in [1.29, 1.82) is 0 Å². The van der Waals surface area contributed by atoms with Crippen molar-refractivity contribution >= 4 is 45.1 Å². The monoisotopic (exact) mass is 535 g/mol. The van der Waals surface area contributed by atoms with Gasteiger partial charge in [-0.2, -0.15) is 0 Å². The summed E-state index contributed by atoms with van der Waals surface area (Å²) in [7, 11) is 0. The number of carbonyl (C=O) groups excluding carboxylic acids is 2. The van der Waals surface area contributed by atoms with Crippen molar-refractivity contribution in [3.05, 3.63) is 57.6 Å². The molecule has 0 unspecified atom stereocenters. The Kier molecular flexibility index (Phi) is 11.1. The summed E-state index contributed by atoms with van der Waals surface area (Å²) in [6.45, 7) is 6.30. The molecule has 0 atom stereocenters. The van der Waals surface area contributed by atoms with Crippen LogP contribution >= 0.6 is 28.1 Å². The Morgan fingerprint density at radius 2 is 1.73 bits per heavy atom. The van der Waals surface area contributed by atoms with E-state index in [0.717, 1.165) is 41.3 Å². The van der Waals surface area contributed by atoms with Crippen LogP contribution in [0.4, 0.5) is 0 Å². The summed E-state index contributed by atoms with van der Waals surface area (Å²) in [5.74, 6) is 0.257. The van der Waals surface area contributed by atoms with Gasteiger partial charge in [-0.25, -0.2) is 0 Å². The number of ether oxygens (including phenoxy) is 2. The molecule has 0 saturated carbocycles. The molecule has 0 heterocycles. The maximum atomic E-state index is 12.7. The summed E-state index contributed by atoms with van der Waals surface area (Å²) in [6.07, 6.45) is 4.29. The lowest BCUT2D eigenvalue weighted by Crippen LogP contribution is -2.49. The number of hydrogen-bond donors (Lipinski definition) is 3. The van der Waals surface area contributed by atoms with E-state index in [1.807, 2.05) is 38.1 Å². The number of benzene rings is 2. The molecule has 0 spiro atoms. The van der Waals surface area contributed by atoms with Crippen LogP contribution in [0.5, 0.6) is 11.5 Å². The van der Waals surface area contributed by atoms with Crippen molar-refractivity contribution in [2.24, 2.45) is 0 Å². The molecule has 0 aromatic heterocycles. The van der Waals surface area contributed by atoms with E-state index >= 15 is 0 Å². The first-order valence-corrected chi connectivity index (χ1v) is 12.0. The third-order valence-electron chi connectivity index (χ3n) is 4.74. The van der Waals surface area contributed by atoms with Gasteiger partial charge < -0.3 is 9.47 Å². The Morgan fingerprint density at radius 3 is 2.42 bits per heavy atom. The molecule has 0 aliphatic rings. The van der Waals surface area contributed by atoms with Crippen LogP contribution in [0, 0.1) is 13.8 Å². The van der Waals surface area contributed by atoms with Crippen LogP contribution in [0.3, 0.4) is 0 Å². The minimum Gasteiger partial charge on any atom is -0.493 e. The number of thiocarbonyl (C=S) groups is 1. The van der Waals surface area contributed by atoms with Crippen molar-refractivity contribution in [3.8, 4) is 11.5 Å².